The van der Waals surface area contributed by atoms with E-state index in [0.717, 1.165) is 17.0 Å². The van der Waals surface area contributed by atoms with Crippen LogP contribution in [0.15, 0.2) is 18.2 Å². The maximum Gasteiger partial charge on any atom is 0.418 e. The van der Waals surface area contributed by atoms with Gasteiger partial charge >= 0.3 is 18.0 Å². The fourth-order valence-electron chi connectivity index (χ4n) is 2.11. The number of β-amino-alcohol motifs (C(OH)–C–C–N with tert-alkyl or cyclic N) is 1. The standard InChI is InChI=1S/C13H12F4N2O3/c14-7-1-2-10(9(5-7)13(15,16)17)18-11(21)12(22)19-4-3-8(20)6-19/h1-2,5,8,20H,3-4,6H2,(H,18,21)/t8-/m1/s1. The number of carbonyl (C=O) groups excluding carboxylic acids is 2. The summed E-state index contributed by atoms with van der Waals surface area (Å²) >= 11 is 0. The third-order valence-corrected chi connectivity index (χ3v) is 3.18. The Morgan fingerprint density at radius 2 is 2.00 bits per heavy atom. The first kappa shape index (κ1) is 16.2. The maximum absolute atomic E-state index is 12.9. The molecule has 0 bridgehead atoms. The van der Waals surface area contributed by atoms with Crippen molar-refractivity contribution in [3.63, 3.8) is 0 Å². The van der Waals surface area contributed by atoms with E-state index in [1.807, 2.05) is 5.32 Å². The normalized spacial score (nSPS) is 18.4. The molecule has 5 nitrogen and oxygen atoms in total. The lowest BCUT2D eigenvalue weighted by Gasteiger charge is -2.17. The molecule has 9 heteroatoms. The summed E-state index contributed by atoms with van der Waals surface area (Å²) in [4.78, 5) is 24.5. The predicted octanol–water partition coefficient (Wildman–Crippen LogP) is 1.38. The van der Waals surface area contributed by atoms with Crippen molar-refractivity contribution in [3.8, 4) is 0 Å². The lowest BCUT2D eigenvalue weighted by atomic mass is 10.1. The quantitative estimate of drug-likeness (QED) is 0.607. The van der Waals surface area contributed by atoms with Gasteiger partial charge in [-0.25, -0.2) is 4.39 Å². The van der Waals surface area contributed by atoms with E-state index < -0.39 is 41.2 Å². The van der Waals surface area contributed by atoms with Crippen LogP contribution in [0.4, 0.5) is 23.2 Å². The Morgan fingerprint density at radius 3 is 2.55 bits per heavy atom. The van der Waals surface area contributed by atoms with Gasteiger partial charge in [0.25, 0.3) is 0 Å². The second-order valence-corrected chi connectivity index (χ2v) is 4.84. The lowest BCUT2D eigenvalue weighted by Crippen LogP contribution is -2.39. The van der Waals surface area contributed by atoms with Crippen LogP contribution in [0.5, 0.6) is 0 Å². The first-order valence-corrected chi connectivity index (χ1v) is 6.33. The van der Waals surface area contributed by atoms with E-state index in [9.17, 15) is 32.3 Å². The van der Waals surface area contributed by atoms with E-state index in [2.05, 4.69) is 0 Å². The lowest BCUT2D eigenvalue weighted by molar-refractivity contribution is -0.143. The molecule has 1 heterocycles. The monoisotopic (exact) mass is 320 g/mol. The van der Waals surface area contributed by atoms with Crippen molar-refractivity contribution < 1.29 is 32.3 Å². The summed E-state index contributed by atoms with van der Waals surface area (Å²) in [5, 5.41) is 11.1. The number of hydrogen-bond donors (Lipinski definition) is 2. The molecule has 0 saturated carbocycles. The minimum absolute atomic E-state index is 0.0538. The molecule has 1 aromatic rings. The topological polar surface area (TPSA) is 69.6 Å². The second kappa shape index (κ2) is 5.91. The summed E-state index contributed by atoms with van der Waals surface area (Å²) in [6.07, 6.45) is -5.34. The van der Waals surface area contributed by atoms with Crippen molar-refractivity contribution in [3.05, 3.63) is 29.6 Å². The van der Waals surface area contributed by atoms with Gasteiger partial charge < -0.3 is 15.3 Å². The third kappa shape index (κ3) is 3.53. The van der Waals surface area contributed by atoms with E-state index in [1.165, 1.54) is 0 Å². The van der Waals surface area contributed by atoms with Crippen LogP contribution >= 0.6 is 0 Å². The molecule has 1 aliphatic rings. The number of alkyl halides is 3. The highest BCUT2D eigenvalue weighted by atomic mass is 19.4. The van der Waals surface area contributed by atoms with E-state index in [4.69, 9.17) is 0 Å². The summed E-state index contributed by atoms with van der Waals surface area (Å²) in [5.41, 5.74) is -2.08. The van der Waals surface area contributed by atoms with Gasteiger partial charge in [-0.05, 0) is 24.6 Å². The van der Waals surface area contributed by atoms with Gasteiger partial charge in [-0.15, -0.1) is 0 Å². The van der Waals surface area contributed by atoms with Crippen molar-refractivity contribution in [2.24, 2.45) is 0 Å². The molecule has 1 fully saturated rings. The first-order chi connectivity index (χ1) is 10.2. The van der Waals surface area contributed by atoms with Crippen LogP contribution in [0.1, 0.15) is 12.0 Å². The molecule has 2 amide bonds. The van der Waals surface area contributed by atoms with Gasteiger partial charge in [0, 0.05) is 13.1 Å². The Hall–Kier alpha value is -2.16. The fraction of sp³-hybridized carbons (Fsp3) is 0.385. The molecule has 1 aliphatic heterocycles. The van der Waals surface area contributed by atoms with Gasteiger partial charge in [-0.3, -0.25) is 9.59 Å². The molecule has 1 aromatic carbocycles. The van der Waals surface area contributed by atoms with Crippen LogP contribution in [0, 0.1) is 5.82 Å². The summed E-state index contributed by atoms with van der Waals surface area (Å²) < 4.78 is 51.3. The Balaban J connectivity index is 2.17. The number of hydrogen-bond acceptors (Lipinski definition) is 3. The number of nitrogens with zero attached hydrogens (tertiary/aromatic N) is 1. The molecule has 120 valence electrons. The number of nitrogens with one attached hydrogen (secondary N) is 1. The highest BCUT2D eigenvalue weighted by Crippen LogP contribution is 2.35. The molecule has 1 saturated heterocycles. The van der Waals surface area contributed by atoms with Gasteiger partial charge in [-0.1, -0.05) is 0 Å². The van der Waals surface area contributed by atoms with Gasteiger partial charge in [0.05, 0.1) is 17.4 Å². The largest absolute Gasteiger partial charge is 0.418 e. The van der Waals surface area contributed by atoms with Crippen LogP contribution in [0.25, 0.3) is 0 Å². The minimum Gasteiger partial charge on any atom is -0.391 e. The van der Waals surface area contributed by atoms with Crippen molar-refractivity contribution in [1.82, 2.24) is 4.90 Å². The number of carbonyl (C=O) groups is 2. The molecule has 2 N–H and O–H groups in total. The van der Waals surface area contributed by atoms with Gasteiger partial charge in [-0.2, -0.15) is 13.2 Å². The highest BCUT2D eigenvalue weighted by molar-refractivity contribution is 6.39. The molecular weight excluding hydrogens is 308 g/mol. The number of halogens is 4. The molecule has 0 aliphatic carbocycles. The van der Waals surface area contributed by atoms with Gasteiger partial charge in [0.1, 0.15) is 5.82 Å². The minimum atomic E-state index is -4.88. The zero-order valence-electron chi connectivity index (χ0n) is 11.2. The summed E-state index contributed by atoms with van der Waals surface area (Å²) in [7, 11) is 0. The molecule has 0 aromatic heterocycles. The maximum atomic E-state index is 12.9. The zero-order chi connectivity index (χ0) is 16.5. The third-order valence-electron chi connectivity index (χ3n) is 3.18. The number of aliphatic hydroxyl groups excluding tert-OH is 1. The Kier molecular flexibility index (Phi) is 4.36. The van der Waals surface area contributed by atoms with Crippen LogP contribution < -0.4 is 5.32 Å². The molecule has 0 radical (unpaired) electrons. The van der Waals surface area contributed by atoms with Crippen LogP contribution in [0.2, 0.25) is 0 Å². The van der Waals surface area contributed by atoms with Crippen molar-refractivity contribution in [2.75, 3.05) is 18.4 Å². The molecular formula is C13H12F4N2O3. The fourth-order valence-corrected chi connectivity index (χ4v) is 2.11. The van der Waals surface area contributed by atoms with Crippen LogP contribution in [0.3, 0.4) is 0 Å². The number of likely N-dealkylation sites (tertiary alicyclic amines) is 1. The SMILES string of the molecule is O=C(Nc1ccc(F)cc1C(F)(F)F)C(=O)N1CC[C@@H](O)C1. The molecule has 2 rings (SSSR count). The van der Waals surface area contributed by atoms with E-state index in [1.54, 1.807) is 0 Å². The van der Waals surface area contributed by atoms with Crippen molar-refractivity contribution in [1.29, 1.82) is 0 Å². The molecule has 22 heavy (non-hydrogen) atoms. The van der Waals surface area contributed by atoms with Gasteiger partial charge in [0.2, 0.25) is 0 Å². The average molecular weight is 320 g/mol. The molecule has 0 unspecified atom stereocenters. The predicted molar refractivity (Wildman–Crippen MR) is 67.2 cm³/mol. The Labute approximate surface area is 122 Å². The van der Waals surface area contributed by atoms with Crippen molar-refractivity contribution >= 4 is 17.5 Å². The molecule has 1 atom stereocenters. The van der Waals surface area contributed by atoms with E-state index in [0.29, 0.717) is 6.42 Å². The van der Waals surface area contributed by atoms with Crippen LogP contribution in [-0.4, -0.2) is 41.0 Å². The smallest absolute Gasteiger partial charge is 0.391 e. The number of amides is 2. The van der Waals surface area contributed by atoms with E-state index in [-0.39, 0.29) is 19.2 Å². The summed E-state index contributed by atoms with van der Waals surface area (Å²) in [6, 6.07) is 1.72. The average Bonchev–Trinajstić information content (AvgIpc) is 2.85. The number of aliphatic hydroxyl groups is 1. The van der Waals surface area contributed by atoms with Gasteiger partial charge in [0.15, 0.2) is 0 Å². The second-order valence-electron chi connectivity index (χ2n) is 4.84. The zero-order valence-corrected chi connectivity index (χ0v) is 11.2. The van der Waals surface area contributed by atoms with Crippen LogP contribution in [-0.2, 0) is 15.8 Å². The Morgan fingerprint density at radius 1 is 1.32 bits per heavy atom. The summed E-state index contributed by atoms with van der Waals surface area (Å²) in [5.74, 6) is -3.43. The molecule has 0 spiro atoms. The number of rotatable bonds is 1. The van der Waals surface area contributed by atoms with E-state index >= 15 is 0 Å². The van der Waals surface area contributed by atoms with Crippen molar-refractivity contribution in [2.45, 2.75) is 18.7 Å². The highest BCUT2D eigenvalue weighted by Gasteiger charge is 2.36. The number of benzene rings is 1. The summed E-state index contributed by atoms with van der Waals surface area (Å²) in [6.45, 7) is 0.0881. The first-order valence-electron chi connectivity index (χ1n) is 6.33. The number of anilines is 1. The Bertz CT molecular complexity index is 603.